The Balaban J connectivity index is 1.64. The molecule has 0 amide bonds. The fraction of sp³-hybridized carbons (Fsp3) is 0.0256. The van der Waals surface area contributed by atoms with Gasteiger partial charge in [0.25, 0.3) is 0 Å². The Morgan fingerprint density at radius 1 is 0.490 bits per heavy atom. The first-order chi connectivity index (χ1) is 23.4. The van der Waals surface area contributed by atoms with E-state index in [1.807, 2.05) is 72.2 Å². The van der Waals surface area contributed by atoms with Gasteiger partial charge in [-0.25, -0.2) is 0 Å². The molecular formula is C39H29NO9. The van der Waals surface area contributed by atoms with E-state index < -0.39 is 57.3 Å². The van der Waals surface area contributed by atoms with Crippen molar-refractivity contribution in [3.05, 3.63) is 103 Å². The van der Waals surface area contributed by atoms with E-state index in [4.69, 9.17) is 0 Å². The molecule has 0 saturated heterocycles. The minimum atomic E-state index is -1.14. The average Bonchev–Trinajstić information content (AvgIpc) is 3.43. The smallest absolute Gasteiger partial charge is 0.208 e. The molecule has 0 fully saturated rings. The first-order valence-electron chi connectivity index (χ1n) is 15.0. The van der Waals surface area contributed by atoms with Crippen LogP contribution in [-0.2, 0) is 0 Å². The van der Waals surface area contributed by atoms with Gasteiger partial charge in [-0.15, -0.1) is 0 Å². The minimum absolute atomic E-state index is 0.0281. The van der Waals surface area contributed by atoms with Crippen LogP contribution >= 0.6 is 0 Å². The summed E-state index contributed by atoms with van der Waals surface area (Å²) < 4.78 is 1.88. The number of benzene rings is 6. The van der Waals surface area contributed by atoms with Crippen LogP contribution in [0.5, 0.6) is 51.7 Å². The third-order valence-electron chi connectivity index (χ3n) is 8.83. The molecule has 0 aliphatic carbocycles. The molecule has 10 nitrogen and oxygen atoms in total. The third-order valence-corrected chi connectivity index (χ3v) is 8.83. The van der Waals surface area contributed by atoms with Crippen LogP contribution in [0.15, 0.2) is 91.5 Å². The summed E-state index contributed by atoms with van der Waals surface area (Å²) in [6.45, 7) is 5.61. The van der Waals surface area contributed by atoms with E-state index in [1.165, 1.54) is 12.1 Å². The Kier molecular flexibility index (Phi) is 6.95. The Morgan fingerprint density at radius 2 is 1.08 bits per heavy atom. The summed E-state index contributed by atoms with van der Waals surface area (Å²) in [5.74, 6) is -8.52. The van der Waals surface area contributed by atoms with Crippen molar-refractivity contribution in [3.63, 3.8) is 0 Å². The number of aromatic nitrogens is 1. The van der Waals surface area contributed by atoms with Crippen LogP contribution in [0.25, 0.3) is 66.9 Å². The number of phenolic OH excluding ortho intramolecular Hbond substituents is 9. The lowest BCUT2D eigenvalue weighted by Gasteiger charge is -2.20. The van der Waals surface area contributed by atoms with Crippen LogP contribution in [0.1, 0.15) is 11.1 Å². The van der Waals surface area contributed by atoms with Crippen molar-refractivity contribution < 1.29 is 46.0 Å². The normalized spacial score (nSPS) is 11.4. The predicted molar refractivity (Wildman–Crippen MR) is 187 cm³/mol. The van der Waals surface area contributed by atoms with Crippen molar-refractivity contribution in [2.24, 2.45) is 0 Å². The highest BCUT2D eigenvalue weighted by molar-refractivity contribution is 6.11. The third kappa shape index (κ3) is 4.49. The second kappa shape index (κ2) is 11.1. The van der Waals surface area contributed by atoms with E-state index in [9.17, 15) is 46.0 Å². The molecule has 0 aliphatic heterocycles. The van der Waals surface area contributed by atoms with Crippen molar-refractivity contribution in [2.45, 2.75) is 6.92 Å². The highest BCUT2D eigenvalue weighted by Gasteiger charge is 2.29. The zero-order valence-corrected chi connectivity index (χ0v) is 25.8. The van der Waals surface area contributed by atoms with Crippen molar-refractivity contribution in [3.8, 4) is 90.8 Å². The maximum Gasteiger partial charge on any atom is 0.208 e. The summed E-state index contributed by atoms with van der Waals surface area (Å²) in [5.41, 5.74) is 3.65. The van der Waals surface area contributed by atoms with Gasteiger partial charge in [-0.2, -0.15) is 0 Å². The molecule has 0 unspecified atom stereocenters. The molecule has 0 bridgehead atoms. The number of hydrogen-bond donors (Lipinski definition) is 9. The van der Waals surface area contributed by atoms with E-state index in [0.717, 1.165) is 44.6 Å². The first kappa shape index (κ1) is 30.7. The Bertz CT molecular complexity index is 2500. The average molecular weight is 656 g/mol. The molecule has 1 aromatic heterocycles. The van der Waals surface area contributed by atoms with E-state index in [-0.39, 0.29) is 22.3 Å². The summed E-state index contributed by atoms with van der Waals surface area (Å²) in [7, 11) is 0. The van der Waals surface area contributed by atoms with Gasteiger partial charge in [0.2, 0.25) is 23.0 Å². The highest BCUT2D eigenvalue weighted by atomic mass is 16.4. The summed E-state index contributed by atoms with van der Waals surface area (Å²) in [5, 5.41) is 98.0. The second-order valence-corrected chi connectivity index (χ2v) is 11.7. The van der Waals surface area contributed by atoms with Crippen molar-refractivity contribution >= 4 is 27.9 Å². The zero-order valence-electron chi connectivity index (χ0n) is 25.8. The maximum absolute atomic E-state index is 11.5. The van der Waals surface area contributed by atoms with Gasteiger partial charge in [0.15, 0.2) is 23.0 Å². The van der Waals surface area contributed by atoms with Gasteiger partial charge in [-0.1, -0.05) is 78.9 Å². The predicted octanol–water partition coefficient (Wildman–Crippen LogP) is 8.09. The minimum Gasteiger partial charge on any atom is -0.506 e. The molecule has 244 valence electrons. The number of para-hydroxylation sites is 1. The molecule has 7 aromatic rings. The molecule has 0 radical (unpaired) electrons. The number of rotatable bonds is 5. The van der Waals surface area contributed by atoms with Crippen LogP contribution < -0.4 is 0 Å². The second-order valence-electron chi connectivity index (χ2n) is 11.7. The fourth-order valence-electron chi connectivity index (χ4n) is 6.45. The number of nitrogens with zero attached hydrogens (tertiary/aromatic N) is 1. The molecular weight excluding hydrogens is 626 g/mol. The van der Waals surface area contributed by atoms with Gasteiger partial charge in [0, 0.05) is 16.3 Å². The van der Waals surface area contributed by atoms with Gasteiger partial charge in [0.1, 0.15) is 5.75 Å². The molecule has 0 atom stereocenters. The number of fused-ring (bicyclic) bond motifs is 3. The largest absolute Gasteiger partial charge is 0.506 e. The topological polar surface area (TPSA) is 187 Å². The molecule has 10 heteroatoms. The molecule has 6 aromatic carbocycles. The number of phenols is 9. The molecule has 49 heavy (non-hydrogen) atoms. The lowest BCUT2D eigenvalue weighted by atomic mass is 9.92. The standard InChI is InChI=1S/C39H29NO9/c1-3-22-31(41)30(35(45)36(46)32(22)42)25-16-21(29-33(43)37(47)39(49)38(48)34(29)44)12-14-27(25)40-26-10-5-4-9-23(26)24-13-11-20(17-28(24)40)19-8-6-7-18(2)15-19/h3-17,41-49H,1H2,2H3. The van der Waals surface area contributed by atoms with Gasteiger partial charge in [0.05, 0.1) is 33.4 Å². The van der Waals surface area contributed by atoms with Crippen LogP contribution in [0.2, 0.25) is 0 Å². The van der Waals surface area contributed by atoms with Crippen LogP contribution in [0.3, 0.4) is 0 Å². The maximum atomic E-state index is 11.5. The number of aromatic hydroxyl groups is 9. The van der Waals surface area contributed by atoms with Gasteiger partial charge >= 0.3 is 0 Å². The molecule has 7 rings (SSSR count). The van der Waals surface area contributed by atoms with Crippen molar-refractivity contribution in [1.29, 1.82) is 0 Å². The van der Waals surface area contributed by atoms with E-state index in [0.29, 0.717) is 5.69 Å². The summed E-state index contributed by atoms with van der Waals surface area (Å²) >= 11 is 0. The molecule has 0 spiro atoms. The highest BCUT2D eigenvalue weighted by Crippen LogP contribution is 2.57. The molecule has 0 aliphatic rings. The first-order valence-corrected chi connectivity index (χ1v) is 15.0. The Hall–Kier alpha value is -6.94. The van der Waals surface area contributed by atoms with Crippen LogP contribution in [-0.4, -0.2) is 50.5 Å². The van der Waals surface area contributed by atoms with E-state index in [2.05, 4.69) is 12.6 Å². The van der Waals surface area contributed by atoms with Gasteiger partial charge < -0.3 is 50.5 Å². The fourth-order valence-corrected chi connectivity index (χ4v) is 6.45. The van der Waals surface area contributed by atoms with Gasteiger partial charge in [-0.3, -0.25) is 0 Å². The van der Waals surface area contributed by atoms with E-state index in [1.54, 1.807) is 6.07 Å². The molecule has 1 heterocycles. The lowest BCUT2D eigenvalue weighted by Crippen LogP contribution is -1.99. The number of hydrogen-bond acceptors (Lipinski definition) is 9. The monoisotopic (exact) mass is 655 g/mol. The lowest BCUT2D eigenvalue weighted by molar-refractivity contribution is 0.330. The van der Waals surface area contributed by atoms with Gasteiger partial charge in [-0.05, 0) is 47.9 Å². The van der Waals surface area contributed by atoms with Crippen molar-refractivity contribution in [2.75, 3.05) is 0 Å². The summed E-state index contributed by atoms with van der Waals surface area (Å²) in [6, 6.07) is 26.0. The van der Waals surface area contributed by atoms with Crippen LogP contribution in [0, 0.1) is 6.92 Å². The quantitative estimate of drug-likeness (QED) is 0.0652. The van der Waals surface area contributed by atoms with E-state index >= 15 is 0 Å². The Morgan fingerprint density at radius 3 is 1.78 bits per heavy atom. The SMILES string of the molecule is C=Cc1c(O)c(O)c(O)c(-c2cc(-c3c(O)c(O)c(O)c(O)c3O)ccc2-n2c3ccccc3c3ccc(-c4cccc(C)c4)cc32)c1O. The zero-order chi connectivity index (χ0) is 34.9. The summed E-state index contributed by atoms with van der Waals surface area (Å²) in [6.07, 6.45) is 1.10. The Labute approximate surface area is 278 Å². The molecule has 0 saturated carbocycles. The van der Waals surface area contributed by atoms with Crippen molar-refractivity contribution in [1.82, 2.24) is 4.57 Å². The summed E-state index contributed by atoms with van der Waals surface area (Å²) in [4.78, 5) is 0. The molecule has 9 N–H and O–H groups in total. The van der Waals surface area contributed by atoms with Crippen LogP contribution in [0.4, 0.5) is 0 Å². The number of aryl methyl sites for hydroxylation is 1.